The first-order valence-corrected chi connectivity index (χ1v) is 13.6. The van der Waals surface area contributed by atoms with Crippen LogP contribution in [0.1, 0.15) is 67.3 Å². The zero-order valence-electron chi connectivity index (χ0n) is 20.6. The van der Waals surface area contributed by atoms with E-state index < -0.39 is 10.1 Å². The van der Waals surface area contributed by atoms with Gasteiger partial charge in [-0.15, -0.1) is 0 Å². The second-order valence-electron chi connectivity index (χ2n) is 9.70. The van der Waals surface area contributed by atoms with E-state index in [-0.39, 0.29) is 21.9 Å². The van der Waals surface area contributed by atoms with Gasteiger partial charge in [0.1, 0.15) is 10.7 Å². The Morgan fingerprint density at radius 2 is 1.50 bits per heavy atom. The van der Waals surface area contributed by atoms with E-state index in [1.54, 1.807) is 24.3 Å². The standard InChI is InChI=1S/C28H34O5S/c1-5-21-15-20(4)16-22(6-2)26(21)27-24(29)17-28(11-13-32-14-12-28)18-25(27)33-34(30,31)23-9-7-19(3)8-10-23/h7-10,15-16H,5-6,11-14,17-18H2,1-4H3. The molecule has 1 heterocycles. The van der Waals surface area contributed by atoms with Crippen molar-refractivity contribution in [3.05, 3.63) is 70.0 Å². The molecule has 0 aromatic heterocycles. The normalized spacial score (nSPS) is 18.4. The number of aryl methyl sites for hydroxylation is 4. The van der Waals surface area contributed by atoms with Gasteiger partial charge < -0.3 is 8.92 Å². The number of Topliss-reactive ketones (excluding diaryl/α,β-unsaturated/α-hetero) is 1. The number of allylic oxidation sites excluding steroid dienone is 2. The van der Waals surface area contributed by atoms with Crippen molar-refractivity contribution < 1.29 is 22.1 Å². The molecule has 0 unspecified atom stereocenters. The van der Waals surface area contributed by atoms with Gasteiger partial charge in [0.25, 0.3) is 0 Å². The van der Waals surface area contributed by atoms with Crippen LogP contribution in [0.5, 0.6) is 0 Å². The third kappa shape index (κ3) is 4.84. The van der Waals surface area contributed by atoms with Crippen molar-refractivity contribution in [2.24, 2.45) is 5.41 Å². The number of hydrogen-bond donors (Lipinski definition) is 0. The van der Waals surface area contributed by atoms with Crippen molar-refractivity contribution in [2.45, 2.75) is 71.1 Å². The molecule has 0 saturated carbocycles. The highest BCUT2D eigenvalue weighted by Gasteiger charge is 2.44. The third-order valence-electron chi connectivity index (χ3n) is 7.16. The summed E-state index contributed by atoms with van der Waals surface area (Å²) in [5, 5.41) is 0. The Kier molecular flexibility index (Phi) is 7.02. The van der Waals surface area contributed by atoms with Gasteiger partial charge in [-0.1, -0.05) is 49.2 Å². The molecular weight excluding hydrogens is 448 g/mol. The van der Waals surface area contributed by atoms with Gasteiger partial charge in [-0.2, -0.15) is 8.42 Å². The molecule has 0 bridgehead atoms. The summed E-state index contributed by atoms with van der Waals surface area (Å²) in [6.45, 7) is 9.24. The van der Waals surface area contributed by atoms with Crippen LogP contribution in [0.15, 0.2) is 47.1 Å². The average molecular weight is 483 g/mol. The van der Waals surface area contributed by atoms with E-state index in [0.717, 1.165) is 53.5 Å². The van der Waals surface area contributed by atoms with Gasteiger partial charge in [0, 0.05) is 26.1 Å². The Hall–Kier alpha value is -2.44. The Morgan fingerprint density at radius 1 is 0.912 bits per heavy atom. The molecule has 0 atom stereocenters. The minimum atomic E-state index is -4.08. The van der Waals surface area contributed by atoms with E-state index in [9.17, 15) is 13.2 Å². The molecule has 1 aliphatic heterocycles. The maximum Gasteiger partial charge on any atom is 0.338 e. The molecule has 0 radical (unpaired) electrons. The van der Waals surface area contributed by atoms with Crippen LogP contribution in [0, 0.1) is 19.3 Å². The van der Waals surface area contributed by atoms with Gasteiger partial charge in [-0.3, -0.25) is 4.79 Å². The van der Waals surface area contributed by atoms with Gasteiger partial charge >= 0.3 is 10.1 Å². The van der Waals surface area contributed by atoms with Gasteiger partial charge in [-0.25, -0.2) is 0 Å². The number of carbonyl (C=O) groups excluding carboxylic acids is 1. The quantitative estimate of drug-likeness (QED) is 0.494. The molecule has 0 amide bonds. The molecule has 5 nitrogen and oxygen atoms in total. The molecule has 1 fully saturated rings. The second-order valence-corrected chi connectivity index (χ2v) is 11.2. The topological polar surface area (TPSA) is 69.7 Å². The first-order valence-electron chi connectivity index (χ1n) is 12.2. The van der Waals surface area contributed by atoms with Crippen LogP contribution in [-0.4, -0.2) is 27.4 Å². The summed E-state index contributed by atoms with van der Waals surface area (Å²) < 4.78 is 38.1. The van der Waals surface area contributed by atoms with E-state index in [1.807, 2.05) is 6.92 Å². The summed E-state index contributed by atoms with van der Waals surface area (Å²) >= 11 is 0. The largest absolute Gasteiger partial charge is 0.383 e. The highest BCUT2D eigenvalue weighted by atomic mass is 32.2. The van der Waals surface area contributed by atoms with Crippen LogP contribution in [-0.2, 0) is 36.7 Å². The van der Waals surface area contributed by atoms with Crippen molar-refractivity contribution in [1.82, 2.24) is 0 Å². The number of hydrogen-bond acceptors (Lipinski definition) is 5. The molecule has 182 valence electrons. The number of carbonyl (C=O) groups is 1. The summed E-state index contributed by atoms with van der Waals surface area (Å²) in [4.78, 5) is 13.9. The van der Waals surface area contributed by atoms with Crippen molar-refractivity contribution in [2.75, 3.05) is 13.2 Å². The molecule has 1 spiro atoms. The molecule has 1 saturated heterocycles. The fraction of sp³-hybridized carbons (Fsp3) is 0.464. The minimum Gasteiger partial charge on any atom is -0.383 e. The van der Waals surface area contributed by atoms with E-state index >= 15 is 0 Å². The van der Waals surface area contributed by atoms with E-state index in [2.05, 4.69) is 32.9 Å². The highest BCUT2D eigenvalue weighted by Crippen LogP contribution is 2.49. The van der Waals surface area contributed by atoms with Crippen LogP contribution >= 0.6 is 0 Å². The third-order valence-corrected chi connectivity index (χ3v) is 8.43. The molecule has 6 heteroatoms. The number of rotatable bonds is 6. The Bertz CT molecular complexity index is 1190. The van der Waals surface area contributed by atoms with Crippen LogP contribution in [0.25, 0.3) is 5.57 Å². The zero-order chi connectivity index (χ0) is 24.5. The lowest BCUT2D eigenvalue weighted by Gasteiger charge is -2.41. The van der Waals surface area contributed by atoms with Gasteiger partial charge in [-0.05, 0) is 73.8 Å². The number of ether oxygens (including phenoxy) is 1. The maximum absolute atomic E-state index is 13.8. The summed E-state index contributed by atoms with van der Waals surface area (Å²) in [6.07, 6.45) is 3.75. The Morgan fingerprint density at radius 3 is 2.06 bits per heavy atom. The fourth-order valence-corrected chi connectivity index (χ4v) is 6.26. The van der Waals surface area contributed by atoms with Gasteiger partial charge in [0.05, 0.1) is 5.57 Å². The summed E-state index contributed by atoms with van der Waals surface area (Å²) in [5.74, 6) is 0.252. The summed E-state index contributed by atoms with van der Waals surface area (Å²) in [5.41, 5.74) is 5.19. The maximum atomic E-state index is 13.8. The van der Waals surface area contributed by atoms with Gasteiger partial charge in [0.15, 0.2) is 5.78 Å². The number of ketones is 1. The van der Waals surface area contributed by atoms with Crippen molar-refractivity contribution in [1.29, 1.82) is 0 Å². The molecule has 2 aromatic carbocycles. The predicted octanol–water partition coefficient (Wildman–Crippen LogP) is 5.70. The number of benzene rings is 2. The van der Waals surface area contributed by atoms with Crippen LogP contribution < -0.4 is 0 Å². The van der Waals surface area contributed by atoms with Crippen LogP contribution in [0.3, 0.4) is 0 Å². The molecular formula is C28H34O5S. The molecule has 34 heavy (non-hydrogen) atoms. The Labute approximate surface area is 203 Å². The van der Waals surface area contributed by atoms with E-state index in [1.165, 1.54) is 0 Å². The van der Waals surface area contributed by atoms with Crippen LogP contribution in [0.4, 0.5) is 0 Å². The Balaban J connectivity index is 1.90. The first kappa shape index (κ1) is 24.7. The zero-order valence-corrected chi connectivity index (χ0v) is 21.4. The lowest BCUT2D eigenvalue weighted by molar-refractivity contribution is -0.118. The summed E-state index contributed by atoms with van der Waals surface area (Å²) in [7, 11) is -4.08. The van der Waals surface area contributed by atoms with E-state index in [0.29, 0.717) is 31.6 Å². The minimum absolute atomic E-state index is 0.0319. The predicted molar refractivity (Wildman–Crippen MR) is 133 cm³/mol. The highest BCUT2D eigenvalue weighted by molar-refractivity contribution is 7.86. The lowest BCUT2D eigenvalue weighted by Crippen LogP contribution is -2.37. The molecule has 2 aliphatic rings. The summed E-state index contributed by atoms with van der Waals surface area (Å²) in [6, 6.07) is 10.8. The monoisotopic (exact) mass is 482 g/mol. The smallest absolute Gasteiger partial charge is 0.338 e. The fourth-order valence-electron chi connectivity index (χ4n) is 5.29. The molecule has 1 aliphatic carbocycles. The van der Waals surface area contributed by atoms with Crippen molar-refractivity contribution in [3.63, 3.8) is 0 Å². The average Bonchev–Trinajstić information content (AvgIpc) is 2.79. The lowest BCUT2D eigenvalue weighted by atomic mass is 9.67. The molecule has 0 N–H and O–H groups in total. The van der Waals surface area contributed by atoms with Crippen molar-refractivity contribution >= 4 is 21.5 Å². The SMILES string of the molecule is CCc1cc(C)cc(CC)c1C1=C(OS(=O)(=O)c2ccc(C)cc2)CC2(CCOCC2)CC1=O. The first-order chi connectivity index (χ1) is 16.2. The van der Waals surface area contributed by atoms with Crippen LogP contribution in [0.2, 0.25) is 0 Å². The van der Waals surface area contributed by atoms with Crippen molar-refractivity contribution in [3.8, 4) is 0 Å². The van der Waals surface area contributed by atoms with Gasteiger partial charge in [0.2, 0.25) is 0 Å². The van der Waals surface area contributed by atoms with E-state index in [4.69, 9.17) is 8.92 Å². The second kappa shape index (κ2) is 9.67. The molecule has 2 aromatic rings. The molecule has 4 rings (SSSR count).